The first kappa shape index (κ1) is 14.2. The van der Waals surface area contributed by atoms with E-state index in [1.54, 1.807) is 6.07 Å². The molecule has 0 aliphatic rings. The fourth-order valence-corrected chi connectivity index (χ4v) is 2.37. The normalized spacial score (nSPS) is 10.5. The smallest absolute Gasteiger partial charge is 0.137 e. The number of nitrogens with zero attached hydrogens (tertiary/aromatic N) is 2. The SMILES string of the molecule is CCc1c(Cl)ncnc1NCc1cc(F)ccc1Br. The molecule has 6 heteroatoms. The van der Waals surface area contributed by atoms with E-state index in [0.29, 0.717) is 17.5 Å². The molecule has 2 aromatic rings. The van der Waals surface area contributed by atoms with Gasteiger partial charge in [0.05, 0.1) is 0 Å². The molecule has 0 atom stereocenters. The lowest BCUT2D eigenvalue weighted by Crippen LogP contribution is -2.06. The first-order valence-electron chi connectivity index (χ1n) is 5.79. The number of benzene rings is 1. The van der Waals surface area contributed by atoms with Gasteiger partial charge in [0.15, 0.2) is 0 Å². The van der Waals surface area contributed by atoms with Gasteiger partial charge in [0, 0.05) is 16.6 Å². The maximum Gasteiger partial charge on any atom is 0.137 e. The maximum atomic E-state index is 13.2. The summed E-state index contributed by atoms with van der Waals surface area (Å²) in [6.07, 6.45) is 2.14. The number of nitrogens with one attached hydrogen (secondary N) is 1. The molecule has 0 amide bonds. The molecule has 0 fully saturated rings. The van der Waals surface area contributed by atoms with Crippen LogP contribution in [-0.2, 0) is 13.0 Å². The fraction of sp³-hybridized carbons (Fsp3) is 0.231. The van der Waals surface area contributed by atoms with Gasteiger partial charge in [0.1, 0.15) is 23.1 Å². The predicted octanol–water partition coefficient (Wildman–Crippen LogP) is 4.21. The van der Waals surface area contributed by atoms with Crippen LogP contribution in [0.2, 0.25) is 5.15 Å². The van der Waals surface area contributed by atoms with Crippen molar-refractivity contribution >= 4 is 33.3 Å². The molecule has 0 spiro atoms. The largest absolute Gasteiger partial charge is 0.366 e. The van der Waals surface area contributed by atoms with Crippen LogP contribution in [0.1, 0.15) is 18.1 Å². The molecule has 0 radical (unpaired) electrons. The summed E-state index contributed by atoms with van der Waals surface area (Å²) in [5.74, 6) is 0.412. The summed E-state index contributed by atoms with van der Waals surface area (Å²) in [6.45, 7) is 2.44. The molecule has 1 aromatic heterocycles. The average Bonchev–Trinajstić information content (AvgIpc) is 2.40. The van der Waals surface area contributed by atoms with E-state index in [-0.39, 0.29) is 5.82 Å². The van der Waals surface area contributed by atoms with Crippen molar-refractivity contribution in [2.24, 2.45) is 0 Å². The molecule has 1 aromatic carbocycles. The Bertz CT molecular complexity index is 592. The molecule has 0 bridgehead atoms. The van der Waals surface area contributed by atoms with E-state index in [1.165, 1.54) is 18.5 Å². The summed E-state index contributed by atoms with van der Waals surface area (Å²) in [5, 5.41) is 3.60. The number of hydrogen-bond acceptors (Lipinski definition) is 3. The maximum absolute atomic E-state index is 13.2. The molecule has 100 valence electrons. The lowest BCUT2D eigenvalue weighted by molar-refractivity contribution is 0.625. The number of halogens is 3. The molecule has 19 heavy (non-hydrogen) atoms. The van der Waals surface area contributed by atoms with E-state index in [1.807, 2.05) is 6.92 Å². The summed E-state index contributed by atoms with van der Waals surface area (Å²) in [5.41, 5.74) is 1.67. The number of aromatic nitrogens is 2. The monoisotopic (exact) mass is 343 g/mol. The second-order valence-electron chi connectivity index (χ2n) is 3.93. The zero-order valence-corrected chi connectivity index (χ0v) is 12.6. The lowest BCUT2D eigenvalue weighted by Gasteiger charge is -2.11. The van der Waals surface area contributed by atoms with Gasteiger partial charge in [-0.1, -0.05) is 34.5 Å². The van der Waals surface area contributed by atoms with Gasteiger partial charge >= 0.3 is 0 Å². The van der Waals surface area contributed by atoms with E-state index >= 15 is 0 Å². The van der Waals surface area contributed by atoms with Gasteiger partial charge in [-0.2, -0.15) is 0 Å². The standard InChI is InChI=1S/C13H12BrClFN3/c1-2-10-12(15)18-7-19-13(10)17-6-8-5-9(16)3-4-11(8)14/h3-5,7H,2,6H2,1H3,(H,17,18,19). The van der Waals surface area contributed by atoms with Crippen molar-refractivity contribution < 1.29 is 4.39 Å². The van der Waals surface area contributed by atoms with Crippen molar-refractivity contribution in [3.8, 4) is 0 Å². The van der Waals surface area contributed by atoms with Crippen molar-refractivity contribution in [1.82, 2.24) is 9.97 Å². The molecular weight excluding hydrogens is 333 g/mol. The van der Waals surface area contributed by atoms with Crippen molar-refractivity contribution in [3.05, 3.63) is 51.1 Å². The molecular formula is C13H12BrClFN3. The van der Waals surface area contributed by atoms with Gasteiger partial charge < -0.3 is 5.32 Å². The van der Waals surface area contributed by atoms with Crippen molar-refractivity contribution in [1.29, 1.82) is 0 Å². The molecule has 0 unspecified atom stereocenters. The number of rotatable bonds is 4. The van der Waals surface area contributed by atoms with Crippen LogP contribution >= 0.6 is 27.5 Å². The summed E-state index contributed by atoms with van der Waals surface area (Å²) >= 11 is 9.40. The molecule has 0 saturated carbocycles. The number of anilines is 1. The van der Waals surface area contributed by atoms with E-state index in [0.717, 1.165) is 22.0 Å². The van der Waals surface area contributed by atoms with E-state index in [9.17, 15) is 4.39 Å². The zero-order chi connectivity index (χ0) is 13.8. The predicted molar refractivity (Wildman–Crippen MR) is 77.8 cm³/mol. The van der Waals surface area contributed by atoms with Gasteiger partial charge in [0.2, 0.25) is 0 Å². The minimum Gasteiger partial charge on any atom is -0.366 e. The molecule has 0 aliphatic heterocycles. The number of hydrogen-bond donors (Lipinski definition) is 1. The zero-order valence-electron chi connectivity index (χ0n) is 10.3. The quantitative estimate of drug-likeness (QED) is 0.845. The Morgan fingerprint density at radius 3 is 2.89 bits per heavy atom. The Morgan fingerprint density at radius 1 is 1.37 bits per heavy atom. The van der Waals surface area contributed by atoms with Gasteiger partial charge in [-0.15, -0.1) is 0 Å². The van der Waals surface area contributed by atoms with Crippen LogP contribution in [0.25, 0.3) is 0 Å². The molecule has 0 saturated heterocycles. The van der Waals surface area contributed by atoms with E-state index in [4.69, 9.17) is 11.6 Å². The lowest BCUT2D eigenvalue weighted by atomic mass is 10.2. The summed E-state index contributed by atoms with van der Waals surface area (Å²) in [4.78, 5) is 8.10. The van der Waals surface area contributed by atoms with Crippen molar-refractivity contribution in [3.63, 3.8) is 0 Å². The first-order chi connectivity index (χ1) is 9.11. The van der Waals surface area contributed by atoms with Crippen LogP contribution in [0.15, 0.2) is 29.0 Å². The topological polar surface area (TPSA) is 37.8 Å². The van der Waals surface area contributed by atoms with Gasteiger partial charge in [0.25, 0.3) is 0 Å². The Balaban J connectivity index is 2.19. The minimum atomic E-state index is -0.267. The third-order valence-corrected chi connectivity index (χ3v) is 3.80. The first-order valence-corrected chi connectivity index (χ1v) is 6.96. The second-order valence-corrected chi connectivity index (χ2v) is 5.15. The highest BCUT2D eigenvalue weighted by molar-refractivity contribution is 9.10. The van der Waals surface area contributed by atoms with E-state index in [2.05, 4.69) is 31.2 Å². The molecule has 1 heterocycles. The van der Waals surface area contributed by atoms with Crippen LogP contribution in [0.5, 0.6) is 0 Å². The van der Waals surface area contributed by atoms with Crippen molar-refractivity contribution in [2.45, 2.75) is 19.9 Å². The fourth-order valence-electron chi connectivity index (χ4n) is 1.71. The Kier molecular flexibility index (Phi) is 4.71. The molecule has 0 aliphatic carbocycles. The van der Waals surface area contributed by atoms with Crippen LogP contribution in [0.3, 0.4) is 0 Å². The van der Waals surface area contributed by atoms with Crippen LogP contribution in [0, 0.1) is 5.82 Å². The molecule has 3 nitrogen and oxygen atoms in total. The van der Waals surface area contributed by atoms with Crippen LogP contribution in [0.4, 0.5) is 10.2 Å². The average molecular weight is 345 g/mol. The molecule has 2 rings (SSSR count). The Hall–Kier alpha value is -1.20. The minimum absolute atomic E-state index is 0.267. The van der Waals surface area contributed by atoms with E-state index < -0.39 is 0 Å². The summed E-state index contributed by atoms with van der Waals surface area (Å²) in [6, 6.07) is 4.57. The second kappa shape index (κ2) is 6.30. The van der Waals surface area contributed by atoms with Gasteiger partial charge in [-0.3, -0.25) is 0 Å². The third-order valence-electron chi connectivity index (χ3n) is 2.70. The Morgan fingerprint density at radius 2 is 2.16 bits per heavy atom. The Labute approximate surface area is 124 Å². The molecule has 1 N–H and O–H groups in total. The highest BCUT2D eigenvalue weighted by Crippen LogP contribution is 2.23. The van der Waals surface area contributed by atoms with Crippen LogP contribution < -0.4 is 5.32 Å². The third kappa shape index (κ3) is 3.42. The highest BCUT2D eigenvalue weighted by Gasteiger charge is 2.08. The summed E-state index contributed by atoms with van der Waals surface area (Å²) < 4.78 is 14.0. The summed E-state index contributed by atoms with van der Waals surface area (Å²) in [7, 11) is 0. The van der Waals surface area contributed by atoms with Crippen molar-refractivity contribution in [2.75, 3.05) is 5.32 Å². The highest BCUT2D eigenvalue weighted by atomic mass is 79.9. The van der Waals surface area contributed by atoms with Crippen LogP contribution in [-0.4, -0.2) is 9.97 Å². The van der Waals surface area contributed by atoms with Gasteiger partial charge in [-0.25, -0.2) is 14.4 Å². The van der Waals surface area contributed by atoms with Gasteiger partial charge in [-0.05, 0) is 30.2 Å².